The van der Waals surface area contributed by atoms with Gasteiger partial charge < -0.3 is 19.9 Å². The van der Waals surface area contributed by atoms with Crippen molar-refractivity contribution in [1.29, 1.82) is 0 Å². The quantitative estimate of drug-likeness (QED) is 0.307. The standard InChI is InChI=1S/C27H29N5O6/c1-3-38-26-12-9-21(17-25(26)32(36)37)27(33)30-15-13-29(14-16-30)22-10-11-24(31(34)35)23(18-22)28-19(2)20-7-5-4-6-8-20/h4-12,17-19,28H,3,13-16H2,1-2H3/t19-/m0/s1. The molecular formula is C27H29N5O6. The third kappa shape index (κ3) is 5.83. The van der Waals surface area contributed by atoms with Crippen molar-refractivity contribution in [3.63, 3.8) is 0 Å². The van der Waals surface area contributed by atoms with Crippen molar-refractivity contribution in [2.24, 2.45) is 0 Å². The summed E-state index contributed by atoms with van der Waals surface area (Å²) in [7, 11) is 0. The fourth-order valence-electron chi connectivity index (χ4n) is 4.47. The van der Waals surface area contributed by atoms with Crippen LogP contribution in [0.5, 0.6) is 5.75 Å². The second kappa shape index (κ2) is 11.6. The van der Waals surface area contributed by atoms with Crippen LogP contribution < -0.4 is 15.0 Å². The van der Waals surface area contributed by atoms with Gasteiger partial charge in [0.1, 0.15) is 5.69 Å². The molecule has 4 rings (SSSR count). The van der Waals surface area contributed by atoms with E-state index in [0.717, 1.165) is 11.3 Å². The average molecular weight is 520 g/mol. The van der Waals surface area contributed by atoms with Crippen LogP contribution in [0, 0.1) is 20.2 Å². The monoisotopic (exact) mass is 519 g/mol. The van der Waals surface area contributed by atoms with E-state index in [-0.39, 0.29) is 41.2 Å². The number of nitrogens with zero attached hydrogens (tertiary/aromatic N) is 4. The Morgan fingerprint density at radius 2 is 1.63 bits per heavy atom. The first-order chi connectivity index (χ1) is 18.3. The lowest BCUT2D eigenvalue weighted by atomic mass is 10.1. The minimum atomic E-state index is -0.557. The van der Waals surface area contributed by atoms with Gasteiger partial charge in [0, 0.05) is 55.6 Å². The molecule has 1 aliphatic heterocycles. The van der Waals surface area contributed by atoms with Crippen molar-refractivity contribution >= 4 is 28.7 Å². The first-order valence-corrected chi connectivity index (χ1v) is 12.3. The molecule has 0 radical (unpaired) electrons. The molecule has 1 saturated heterocycles. The number of nitro benzene ring substituents is 2. The summed E-state index contributed by atoms with van der Waals surface area (Å²) in [5.41, 5.74) is 2.21. The highest BCUT2D eigenvalue weighted by molar-refractivity contribution is 5.95. The molecule has 38 heavy (non-hydrogen) atoms. The Kier molecular flexibility index (Phi) is 8.05. The van der Waals surface area contributed by atoms with Crippen LogP contribution in [0.25, 0.3) is 0 Å². The molecule has 1 aliphatic rings. The lowest BCUT2D eigenvalue weighted by molar-refractivity contribution is -0.385. The zero-order valence-electron chi connectivity index (χ0n) is 21.2. The Labute approximate surface area is 219 Å². The summed E-state index contributed by atoms with van der Waals surface area (Å²) in [4.78, 5) is 38.9. The summed E-state index contributed by atoms with van der Waals surface area (Å²) in [6, 6.07) is 18.8. The summed E-state index contributed by atoms with van der Waals surface area (Å²) >= 11 is 0. The second-order valence-electron chi connectivity index (χ2n) is 8.89. The number of nitro groups is 2. The maximum atomic E-state index is 13.1. The highest BCUT2D eigenvalue weighted by Gasteiger charge is 2.26. The van der Waals surface area contributed by atoms with Crippen molar-refractivity contribution < 1.29 is 19.4 Å². The minimum absolute atomic E-state index is 0.0116. The van der Waals surface area contributed by atoms with Crippen LogP contribution in [0.2, 0.25) is 0 Å². The largest absolute Gasteiger partial charge is 0.487 e. The average Bonchev–Trinajstić information content (AvgIpc) is 2.93. The van der Waals surface area contributed by atoms with Gasteiger partial charge in [-0.3, -0.25) is 25.0 Å². The van der Waals surface area contributed by atoms with Gasteiger partial charge in [0.05, 0.1) is 16.5 Å². The van der Waals surface area contributed by atoms with Crippen LogP contribution >= 0.6 is 0 Å². The van der Waals surface area contributed by atoms with Gasteiger partial charge in [-0.2, -0.15) is 0 Å². The SMILES string of the molecule is CCOc1ccc(C(=O)N2CCN(c3ccc([N+](=O)[O-])c(N[C@@H](C)c4ccccc4)c3)CC2)cc1[N+](=O)[O-]. The molecular weight excluding hydrogens is 490 g/mol. The van der Waals surface area contributed by atoms with Crippen molar-refractivity contribution in [3.05, 3.63) is 98.1 Å². The van der Waals surface area contributed by atoms with Gasteiger partial charge in [-0.05, 0) is 43.7 Å². The van der Waals surface area contributed by atoms with Crippen LogP contribution in [-0.2, 0) is 0 Å². The Morgan fingerprint density at radius 3 is 2.26 bits per heavy atom. The number of carbonyl (C=O) groups excluding carboxylic acids is 1. The normalized spacial score (nSPS) is 14.1. The van der Waals surface area contributed by atoms with Gasteiger partial charge >= 0.3 is 5.69 Å². The molecule has 1 amide bonds. The third-order valence-electron chi connectivity index (χ3n) is 6.48. The molecule has 1 atom stereocenters. The maximum absolute atomic E-state index is 13.1. The van der Waals surface area contributed by atoms with Gasteiger partial charge in [0.15, 0.2) is 5.75 Å². The Balaban J connectivity index is 1.47. The molecule has 0 unspecified atom stereocenters. The van der Waals surface area contributed by atoms with E-state index in [1.54, 1.807) is 24.0 Å². The summed E-state index contributed by atoms with van der Waals surface area (Å²) < 4.78 is 5.30. The molecule has 0 bridgehead atoms. The number of ether oxygens (including phenoxy) is 1. The summed E-state index contributed by atoms with van der Waals surface area (Å²) in [6.07, 6.45) is 0. The number of nitrogens with one attached hydrogen (secondary N) is 1. The molecule has 0 spiro atoms. The highest BCUT2D eigenvalue weighted by Crippen LogP contribution is 2.33. The molecule has 1 heterocycles. The number of carbonyl (C=O) groups is 1. The number of hydrogen-bond acceptors (Lipinski definition) is 8. The Bertz CT molecular complexity index is 1320. The van der Waals surface area contributed by atoms with E-state index in [1.165, 1.54) is 24.3 Å². The highest BCUT2D eigenvalue weighted by atomic mass is 16.6. The predicted molar refractivity (Wildman–Crippen MR) is 144 cm³/mol. The number of hydrogen-bond donors (Lipinski definition) is 1. The lowest BCUT2D eigenvalue weighted by Gasteiger charge is -2.36. The van der Waals surface area contributed by atoms with E-state index in [9.17, 15) is 25.0 Å². The molecule has 0 aliphatic carbocycles. The smallest absolute Gasteiger partial charge is 0.311 e. The fraction of sp³-hybridized carbons (Fsp3) is 0.296. The van der Waals surface area contributed by atoms with Gasteiger partial charge in [0.25, 0.3) is 11.6 Å². The van der Waals surface area contributed by atoms with E-state index in [1.807, 2.05) is 37.3 Å². The van der Waals surface area contributed by atoms with Gasteiger partial charge in [-0.25, -0.2) is 0 Å². The molecule has 0 saturated carbocycles. The van der Waals surface area contributed by atoms with Crippen LogP contribution in [0.4, 0.5) is 22.7 Å². The number of amides is 1. The molecule has 11 nitrogen and oxygen atoms in total. The maximum Gasteiger partial charge on any atom is 0.311 e. The Morgan fingerprint density at radius 1 is 0.947 bits per heavy atom. The molecule has 1 N–H and O–H groups in total. The molecule has 0 aromatic heterocycles. The Hall–Kier alpha value is -4.67. The molecule has 198 valence electrons. The number of benzene rings is 3. The number of piperazine rings is 1. The number of rotatable bonds is 9. The summed E-state index contributed by atoms with van der Waals surface area (Å²) in [5.74, 6) is -0.165. The molecule has 11 heteroatoms. The van der Waals surface area contributed by atoms with E-state index in [0.29, 0.717) is 31.9 Å². The lowest BCUT2D eigenvalue weighted by Crippen LogP contribution is -2.48. The van der Waals surface area contributed by atoms with E-state index >= 15 is 0 Å². The van der Waals surface area contributed by atoms with E-state index in [2.05, 4.69) is 10.2 Å². The van der Waals surface area contributed by atoms with Gasteiger partial charge in [-0.1, -0.05) is 30.3 Å². The predicted octanol–water partition coefficient (Wildman–Crippen LogP) is 5.04. The summed E-state index contributed by atoms with van der Waals surface area (Å²) in [6.45, 7) is 5.78. The van der Waals surface area contributed by atoms with Crippen molar-refractivity contribution in [2.45, 2.75) is 19.9 Å². The van der Waals surface area contributed by atoms with Crippen LogP contribution in [0.15, 0.2) is 66.7 Å². The fourth-order valence-corrected chi connectivity index (χ4v) is 4.47. The third-order valence-corrected chi connectivity index (χ3v) is 6.48. The van der Waals surface area contributed by atoms with Crippen LogP contribution in [0.3, 0.4) is 0 Å². The first kappa shape index (κ1) is 26.4. The summed E-state index contributed by atoms with van der Waals surface area (Å²) in [5, 5.41) is 26.4. The van der Waals surface area contributed by atoms with Crippen molar-refractivity contribution in [3.8, 4) is 5.75 Å². The minimum Gasteiger partial charge on any atom is -0.487 e. The van der Waals surface area contributed by atoms with Gasteiger partial charge in [0.2, 0.25) is 0 Å². The van der Waals surface area contributed by atoms with Crippen molar-refractivity contribution in [2.75, 3.05) is 43.0 Å². The number of anilines is 2. The topological polar surface area (TPSA) is 131 Å². The van der Waals surface area contributed by atoms with Gasteiger partial charge in [-0.15, -0.1) is 0 Å². The van der Waals surface area contributed by atoms with Crippen molar-refractivity contribution in [1.82, 2.24) is 4.90 Å². The second-order valence-corrected chi connectivity index (χ2v) is 8.89. The van der Waals surface area contributed by atoms with Crippen LogP contribution in [0.1, 0.15) is 35.8 Å². The first-order valence-electron chi connectivity index (χ1n) is 12.3. The zero-order valence-corrected chi connectivity index (χ0v) is 21.2. The molecule has 3 aromatic rings. The van der Waals surface area contributed by atoms with E-state index in [4.69, 9.17) is 4.74 Å². The van der Waals surface area contributed by atoms with Crippen LogP contribution in [-0.4, -0.2) is 53.4 Å². The molecule has 3 aromatic carbocycles. The van der Waals surface area contributed by atoms with E-state index < -0.39 is 9.85 Å². The molecule has 1 fully saturated rings. The zero-order chi connectivity index (χ0) is 27.2.